The molecule has 0 radical (unpaired) electrons. The number of fused-ring (bicyclic) bond motifs is 1. The van der Waals surface area contributed by atoms with E-state index >= 15 is 0 Å². The predicted octanol–water partition coefficient (Wildman–Crippen LogP) is 0.616. The van der Waals surface area contributed by atoms with Gasteiger partial charge in [0.05, 0.1) is 5.52 Å². The molecule has 1 saturated heterocycles. The van der Waals surface area contributed by atoms with Crippen LogP contribution in [0.5, 0.6) is 0 Å². The molecule has 0 aliphatic carbocycles. The summed E-state index contributed by atoms with van der Waals surface area (Å²) in [7, 11) is 0. The summed E-state index contributed by atoms with van der Waals surface area (Å²) in [6, 6.07) is 8.39. The lowest BCUT2D eigenvalue weighted by atomic mass is 10.1. The second-order valence-corrected chi connectivity index (χ2v) is 7.04. The van der Waals surface area contributed by atoms with Gasteiger partial charge in [-0.25, -0.2) is 9.59 Å². The van der Waals surface area contributed by atoms with Gasteiger partial charge in [0.25, 0.3) is 5.91 Å². The first-order chi connectivity index (χ1) is 13.7. The van der Waals surface area contributed by atoms with Gasteiger partial charge < -0.3 is 26.0 Å². The molecular weight excluding hydrogens is 380 g/mol. The predicted molar refractivity (Wildman–Crippen MR) is 105 cm³/mol. The molecule has 0 bridgehead atoms. The summed E-state index contributed by atoms with van der Waals surface area (Å²) in [5, 5.41) is 35.6. The highest BCUT2D eigenvalue weighted by molar-refractivity contribution is 6.27. The zero-order valence-electron chi connectivity index (χ0n) is 16.3. The number of hydrogen-bond acceptors (Lipinski definition) is 6. The summed E-state index contributed by atoms with van der Waals surface area (Å²) < 4.78 is 1.89. The van der Waals surface area contributed by atoms with E-state index < -0.39 is 11.9 Å². The van der Waals surface area contributed by atoms with E-state index in [4.69, 9.17) is 24.9 Å². The van der Waals surface area contributed by atoms with Crippen molar-refractivity contribution in [3.05, 3.63) is 30.0 Å². The molecular formula is C19H26N4O6. The maximum Gasteiger partial charge on any atom is 0.414 e. The molecule has 1 fully saturated rings. The Labute approximate surface area is 167 Å². The maximum absolute atomic E-state index is 12.7. The number of carbonyl (C=O) groups excluding carboxylic acids is 1. The van der Waals surface area contributed by atoms with Crippen molar-refractivity contribution in [1.82, 2.24) is 20.4 Å². The van der Waals surface area contributed by atoms with Gasteiger partial charge in [-0.3, -0.25) is 9.48 Å². The van der Waals surface area contributed by atoms with Crippen LogP contribution in [0, 0.1) is 0 Å². The van der Waals surface area contributed by atoms with E-state index in [1.807, 2.05) is 28.9 Å². The first-order valence-corrected chi connectivity index (χ1v) is 9.33. The number of hydrogen-bond donors (Lipinski definition) is 5. The highest BCUT2D eigenvalue weighted by atomic mass is 16.4. The Morgan fingerprint density at radius 3 is 2.48 bits per heavy atom. The highest BCUT2D eigenvalue weighted by Gasteiger charge is 2.27. The fourth-order valence-electron chi connectivity index (χ4n) is 3.21. The molecule has 158 valence electrons. The van der Waals surface area contributed by atoms with Gasteiger partial charge in [-0.2, -0.15) is 5.10 Å². The quantitative estimate of drug-likeness (QED) is 0.453. The monoisotopic (exact) mass is 406 g/mol. The zero-order valence-corrected chi connectivity index (χ0v) is 16.3. The maximum atomic E-state index is 12.7. The van der Waals surface area contributed by atoms with E-state index in [1.54, 1.807) is 0 Å². The fraction of sp³-hybridized carbons (Fsp3) is 0.474. The summed E-state index contributed by atoms with van der Waals surface area (Å²) >= 11 is 0. The second kappa shape index (κ2) is 9.99. The van der Waals surface area contributed by atoms with Crippen molar-refractivity contribution in [2.24, 2.45) is 0 Å². The standard InChI is InChI=1S/C17H24N4O2.C2H2O4/c1-11(2)21-15-6-4-3-5-14(15)16(20-21)17(23)19-13-9-12(7-8-22)18-10-13;3-1(4)2(5)6/h3-6,11-13,18,22H,7-10H2,1-2H3,(H,19,23);(H,3,4)(H,5,6)/t12-,13+;/m1./s1. The molecule has 10 heteroatoms. The lowest BCUT2D eigenvalue weighted by molar-refractivity contribution is -0.159. The van der Waals surface area contributed by atoms with Crippen molar-refractivity contribution in [3.8, 4) is 0 Å². The topological polar surface area (TPSA) is 154 Å². The molecule has 0 unspecified atom stereocenters. The summed E-state index contributed by atoms with van der Waals surface area (Å²) in [6.45, 7) is 5.02. The van der Waals surface area contributed by atoms with E-state index in [0.29, 0.717) is 5.69 Å². The average molecular weight is 406 g/mol. The molecule has 1 aliphatic heterocycles. The molecule has 5 N–H and O–H groups in total. The van der Waals surface area contributed by atoms with Crippen molar-refractivity contribution < 1.29 is 29.7 Å². The Balaban J connectivity index is 0.000000438. The molecule has 1 aromatic heterocycles. The normalized spacial score (nSPS) is 18.3. The van der Waals surface area contributed by atoms with E-state index in [2.05, 4.69) is 29.6 Å². The van der Waals surface area contributed by atoms with Gasteiger partial charge in [0.15, 0.2) is 5.69 Å². The third-order valence-corrected chi connectivity index (χ3v) is 4.54. The van der Waals surface area contributed by atoms with Crippen LogP contribution in [-0.4, -0.2) is 68.2 Å². The second-order valence-electron chi connectivity index (χ2n) is 7.04. The van der Waals surface area contributed by atoms with Crippen LogP contribution in [0.2, 0.25) is 0 Å². The molecule has 29 heavy (non-hydrogen) atoms. The van der Waals surface area contributed by atoms with Crippen molar-refractivity contribution in [3.63, 3.8) is 0 Å². The number of aromatic nitrogens is 2. The Bertz CT molecular complexity index is 867. The first kappa shape index (κ1) is 22.3. The molecule has 2 aromatic rings. The molecule has 3 rings (SSSR count). The van der Waals surface area contributed by atoms with Crippen LogP contribution in [0.15, 0.2) is 24.3 Å². The van der Waals surface area contributed by atoms with Gasteiger partial charge in [0, 0.05) is 36.7 Å². The van der Waals surface area contributed by atoms with Crippen molar-refractivity contribution in [1.29, 1.82) is 0 Å². The average Bonchev–Trinajstić information content (AvgIpc) is 3.27. The molecule has 0 spiro atoms. The molecule has 1 aliphatic rings. The number of aliphatic hydroxyl groups is 1. The largest absolute Gasteiger partial charge is 0.473 e. The number of amides is 1. The Kier molecular flexibility index (Phi) is 7.68. The number of nitrogens with zero attached hydrogens (tertiary/aromatic N) is 2. The lowest BCUT2D eigenvalue weighted by Crippen LogP contribution is -2.36. The Hall–Kier alpha value is -2.98. The van der Waals surface area contributed by atoms with Crippen LogP contribution >= 0.6 is 0 Å². The first-order valence-electron chi connectivity index (χ1n) is 9.33. The summed E-state index contributed by atoms with van der Waals surface area (Å²) in [5.41, 5.74) is 1.47. The third-order valence-electron chi connectivity index (χ3n) is 4.54. The number of carboxylic acids is 2. The van der Waals surface area contributed by atoms with E-state index in [0.717, 1.165) is 30.3 Å². The number of aliphatic carboxylic acids is 2. The molecule has 1 amide bonds. The van der Waals surface area contributed by atoms with Crippen molar-refractivity contribution in [2.45, 2.75) is 44.8 Å². The SMILES string of the molecule is CC(C)n1nc(C(=O)N[C@@H]2CN[C@H](CCO)C2)c2ccccc21.O=C(O)C(=O)O. The minimum Gasteiger partial charge on any atom is -0.473 e. The van der Waals surface area contributed by atoms with Gasteiger partial charge in [-0.05, 0) is 32.8 Å². The fourth-order valence-corrected chi connectivity index (χ4v) is 3.21. The van der Waals surface area contributed by atoms with Crippen LogP contribution in [0.3, 0.4) is 0 Å². The zero-order chi connectivity index (χ0) is 21.6. The summed E-state index contributed by atoms with van der Waals surface area (Å²) in [5.74, 6) is -3.78. The minimum absolute atomic E-state index is 0.0852. The van der Waals surface area contributed by atoms with Crippen LogP contribution in [0.1, 0.15) is 43.2 Å². The number of aliphatic hydroxyl groups excluding tert-OH is 1. The van der Waals surface area contributed by atoms with E-state index in [1.165, 1.54) is 0 Å². The molecule has 0 saturated carbocycles. The lowest BCUT2D eigenvalue weighted by Gasteiger charge is -2.11. The van der Waals surface area contributed by atoms with E-state index in [-0.39, 0.29) is 30.6 Å². The third kappa shape index (κ3) is 5.75. The molecule has 1 aromatic carbocycles. The van der Waals surface area contributed by atoms with Crippen molar-refractivity contribution in [2.75, 3.05) is 13.2 Å². The van der Waals surface area contributed by atoms with Gasteiger partial charge in [-0.1, -0.05) is 18.2 Å². The van der Waals surface area contributed by atoms with E-state index in [9.17, 15) is 4.79 Å². The minimum atomic E-state index is -1.82. The number of carbonyl (C=O) groups is 3. The highest BCUT2D eigenvalue weighted by Crippen LogP contribution is 2.22. The Morgan fingerprint density at radius 1 is 1.24 bits per heavy atom. The molecule has 2 atom stereocenters. The number of nitrogens with one attached hydrogen (secondary N) is 2. The summed E-state index contributed by atoms with van der Waals surface area (Å²) in [4.78, 5) is 30.9. The number of para-hydroxylation sites is 1. The Morgan fingerprint density at radius 2 is 1.90 bits per heavy atom. The van der Waals surface area contributed by atoms with Crippen LogP contribution < -0.4 is 10.6 Å². The van der Waals surface area contributed by atoms with Crippen LogP contribution in [0.25, 0.3) is 10.9 Å². The van der Waals surface area contributed by atoms with Crippen molar-refractivity contribution >= 4 is 28.7 Å². The number of carboxylic acid groups (broad SMARTS) is 2. The van der Waals surface area contributed by atoms with Gasteiger partial charge in [0.1, 0.15) is 0 Å². The number of benzene rings is 1. The van der Waals surface area contributed by atoms with Gasteiger partial charge >= 0.3 is 11.9 Å². The van der Waals surface area contributed by atoms with Gasteiger partial charge in [-0.15, -0.1) is 0 Å². The smallest absolute Gasteiger partial charge is 0.414 e. The molecule has 2 heterocycles. The molecule has 10 nitrogen and oxygen atoms in total. The summed E-state index contributed by atoms with van der Waals surface area (Å²) in [6.07, 6.45) is 1.56. The van der Waals surface area contributed by atoms with Crippen LogP contribution in [-0.2, 0) is 9.59 Å². The number of rotatable bonds is 5. The van der Waals surface area contributed by atoms with Crippen LogP contribution in [0.4, 0.5) is 0 Å². The van der Waals surface area contributed by atoms with Gasteiger partial charge in [0.2, 0.25) is 0 Å².